The number of anilines is 1. The molecule has 0 aliphatic heterocycles. The first-order valence-electron chi connectivity index (χ1n) is 6.45. The first-order valence-corrected chi connectivity index (χ1v) is 6.45. The van der Waals surface area contributed by atoms with Gasteiger partial charge in [-0.15, -0.1) is 0 Å². The summed E-state index contributed by atoms with van der Waals surface area (Å²) in [6.07, 6.45) is 1.78. The molecule has 0 fully saturated rings. The van der Waals surface area contributed by atoms with Crippen LogP contribution in [0.15, 0.2) is 24.4 Å². The van der Waals surface area contributed by atoms with Crippen molar-refractivity contribution in [2.75, 3.05) is 20.0 Å². The van der Waals surface area contributed by atoms with E-state index in [-0.39, 0.29) is 5.54 Å². The van der Waals surface area contributed by atoms with Crippen molar-refractivity contribution in [1.29, 1.82) is 0 Å². The van der Waals surface area contributed by atoms with Crippen LogP contribution < -0.4 is 15.2 Å². The van der Waals surface area contributed by atoms with Crippen LogP contribution in [0.1, 0.15) is 20.8 Å². The summed E-state index contributed by atoms with van der Waals surface area (Å²) < 4.78 is 12.4. The van der Waals surface area contributed by atoms with E-state index in [2.05, 4.69) is 25.9 Å². The maximum absolute atomic E-state index is 6.21. The Morgan fingerprint density at radius 3 is 2.25 bits per heavy atom. The molecule has 0 bridgehead atoms. The van der Waals surface area contributed by atoms with Crippen molar-refractivity contribution in [2.45, 2.75) is 26.3 Å². The largest absolute Gasteiger partial charge is 0.493 e. The molecule has 0 radical (unpaired) electrons. The number of nitrogen functional groups attached to an aromatic ring is 1. The average molecular weight is 275 g/mol. The number of ether oxygens (including phenoxy) is 2. The molecule has 1 aromatic heterocycles. The lowest BCUT2D eigenvalue weighted by molar-refractivity contribution is 0.355. The molecule has 1 aromatic carbocycles. The Labute approximate surface area is 119 Å². The van der Waals surface area contributed by atoms with Crippen LogP contribution in [0.2, 0.25) is 0 Å². The standard InChI is InChI=1S/C15H21N3O2/c1-15(2,3)18-14(16)11(9-17-18)10-6-7-12(19-4)13(8-10)20-5/h6-9H,16H2,1-5H3. The second-order valence-corrected chi connectivity index (χ2v) is 5.60. The van der Waals surface area contributed by atoms with Gasteiger partial charge in [0, 0.05) is 5.56 Å². The van der Waals surface area contributed by atoms with Crippen LogP contribution in [0.25, 0.3) is 11.1 Å². The summed E-state index contributed by atoms with van der Waals surface area (Å²) in [4.78, 5) is 0. The van der Waals surface area contributed by atoms with E-state index in [4.69, 9.17) is 15.2 Å². The predicted molar refractivity (Wildman–Crippen MR) is 80.2 cm³/mol. The van der Waals surface area contributed by atoms with Crippen LogP contribution in [0, 0.1) is 0 Å². The topological polar surface area (TPSA) is 62.3 Å². The molecular formula is C15H21N3O2. The lowest BCUT2D eigenvalue weighted by Gasteiger charge is -2.21. The summed E-state index contributed by atoms with van der Waals surface area (Å²) in [5.41, 5.74) is 7.90. The minimum absolute atomic E-state index is 0.154. The monoisotopic (exact) mass is 275 g/mol. The Morgan fingerprint density at radius 1 is 1.10 bits per heavy atom. The van der Waals surface area contributed by atoms with Crippen molar-refractivity contribution in [3.63, 3.8) is 0 Å². The predicted octanol–water partition coefficient (Wildman–Crippen LogP) is 2.90. The van der Waals surface area contributed by atoms with E-state index in [1.807, 2.05) is 22.9 Å². The molecule has 0 saturated carbocycles. The molecule has 0 aliphatic carbocycles. The van der Waals surface area contributed by atoms with Crippen molar-refractivity contribution in [1.82, 2.24) is 9.78 Å². The number of aromatic nitrogens is 2. The number of nitrogens with two attached hydrogens (primary N) is 1. The van der Waals surface area contributed by atoms with Crippen LogP contribution in [-0.4, -0.2) is 24.0 Å². The third kappa shape index (κ3) is 2.43. The second kappa shape index (κ2) is 5.07. The maximum atomic E-state index is 6.21. The number of rotatable bonds is 3. The van der Waals surface area contributed by atoms with Gasteiger partial charge in [0.2, 0.25) is 0 Å². The molecule has 20 heavy (non-hydrogen) atoms. The van der Waals surface area contributed by atoms with Gasteiger partial charge in [-0.3, -0.25) is 0 Å². The molecule has 0 amide bonds. The van der Waals surface area contributed by atoms with Gasteiger partial charge in [0.25, 0.3) is 0 Å². The summed E-state index contributed by atoms with van der Waals surface area (Å²) in [5.74, 6) is 2.01. The number of methoxy groups -OCH3 is 2. The molecule has 1 heterocycles. The zero-order valence-corrected chi connectivity index (χ0v) is 12.6. The highest BCUT2D eigenvalue weighted by atomic mass is 16.5. The summed E-state index contributed by atoms with van der Waals surface area (Å²) in [6, 6.07) is 5.71. The van der Waals surface area contributed by atoms with Crippen LogP contribution in [0.5, 0.6) is 11.5 Å². The third-order valence-corrected chi connectivity index (χ3v) is 3.14. The smallest absolute Gasteiger partial charge is 0.161 e. The van der Waals surface area contributed by atoms with E-state index in [0.717, 1.165) is 11.1 Å². The highest BCUT2D eigenvalue weighted by molar-refractivity contribution is 5.75. The normalized spacial score (nSPS) is 11.4. The number of hydrogen-bond donors (Lipinski definition) is 1. The van der Waals surface area contributed by atoms with Crippen molar-refractivity contribution in [3.8, 4) is 22.6 Å². The van der Waals surface area contributed by atoms with E-state index in [1.54, 1.807) is 20.4 Å². The van der Waals surface area contributed by atoms with Gasteiger partial charge in [-0.1, -0.05) is 6.07 Å². The lowest BCUT2D eigenvalue weighted by atomic mass is 10.1. The molecule has 108 valence electrons. The van der Waals surface area contributed by atoms with Gasteiger partial charge in [-0.2, -0.15) is 5.10 Å². The van der Waals surface area contributed by atoms with E-state index in [0.29, 0.717) is 17.3 Å². The van der Waals surface area contributed by atoms with E-state index in [1.165, 1.54) is 0 Å². The molecular weight excluding hydrogens is 254 g/mol. The molecule has 2 N–H and O–H groups in total. The highest BCUT2D eigenvalue weighted by Gasteiger charge is 2.20. The van der Waals surface area contributed by atoms with Gasteiger partial charge >= 0.3 is 0 Å². The Balaban J connectivity index is 2.50. The Morgan fingerprint density at radius 2 is 1.75 bits per heavy atom. The van der Waals surface area contributed by atoms with Gasteiger partial charge < -0.3 is 15.2 Å². The van der Waals surface area contributed by atoms with Crippen molar-refractivity contribution >= 4 is 5.82 Å². The van der Waals surface area contributed by atoms with Gasteiger partial charge in [-0.25, -0.2) is 4.68 Å². The third-order valence-electron chi connectivity index (χ3n) is 3.14. The van der Waals surface area contributed by atoms with Crippen molar-refractivity contribution in [3.05, 3.63) is 24.4 Å². The van der Waals surface area contributed by atoms with Crippen LogP contribution in [0.3, 0.4) is 0 Å². The minimum Gasteiger partial charge on any atom is -0.493 e. The second-order valence-electron chi connectivity index (χ2n) is 5.60. The summed E-state index contributed by atoms with van der Waals surface area (Å²) in [7, 11) is 3.23. The molecule has 0 unspecified atom stereocenters. The quantitative estimate of drug-likeness (QED) is 0.935. The summed E-state index contributed by atoms with van der Waals surface area (Å²) >= 11 is 0. The summed E-state index contributed by atoms with van der Waals surface area (Å²) in [5, 5.41) is 4.38. The van der Waals surface area contributed by atoms with Gasteiger partial charge in [0.05, 0.1) is 26.0 Å². The first kappa shape index (κ1) is 14.2. The SMILES string of the molecule is COc1ccc(-c2cnn(C(C)(C)C)c2N)cc1OC. The van der Waals surface area contributed by atoms with Crippen molar-refractivity contribution in [2.24, 2.45) is 0 Å². The molecule has 5 nitrogen and oxygen atoms in total. The zero-order chi connectivity index (χ0) is 14.9. The zero-order valence-electron chi connectivity index (χ0n) is 12.6. The van der Waals surface area contributed by atoms with E-state index in [9.17, 15) is 0 Å². The molecule has 0 spiro atoms. The number of nitrogens with zero attached hydrogens (tertiary/aromatic N) is 2. The molecule has 0 atom stereocenters. The molecule has 0 aliphatic rings. The Hall–Kier alpha value is -2.17. The fraction of sp³-hybridized carbons (Fsp3) is 0.400. The van der Waals surface area contributed by atoms with Crippen LogP contribution >= 0.6 is 0 Å². The van der Waals surface area contributed by atoms with Crippen LogP contribution in [0.4, 0.5) is 5.82 Å². The number of benzene rings is 1. The average Bonchev–Trinajstić information content (AvgIpc) is 2.79. The minimum atomic E-state index is -0.154. The molecule has 5 heteroatoms. The van der Waals surface area contributed by atoms with Crippen LogP contribution in [-0.2, 0) is 5.54 Å². The molecule has 2 aromatic rings. The van der Waals surface area contributed by atoms with Gasteiger partial charge in [0.1, 0.15) is 5.82 Å². The molecule has 0 saturated heterocycles. The number of hydrogen-bond acceptors (Lipinski definition) is 4. The fourth-order valence-electron chi connectivity index (χ4n) is 2.12. The van der Waals surface area contributed by atoms with Gasteiger partial charge in [-0.05, 0) is 38.5 Å². The molecule has 2 rings (SSSR count). The van der Waals surface area contributed by atoms with Crippen molar-refractivity contribution < 1.29 is 9.47 Å². The maximum Gasteiger partial charge on any atom is 0.161 e. The highest BCUT2D eigenvalue weighted by Crippen LogP contribution is 2.35. The van der Waals surface area contributed by atoms with E-state index < -0.39 is 0 Å². The fourth-order valence-corrected chi connectivity index (χ4v) is 2.12. The summed E-state index contributed by atoms with van der Waals surface area (Å²) in [6.45, 7) is 6.19. The Bertz CT molecular complexity index is 612. The van der Waals surface area contributed by atoms with E-state index >= 15 is 0 Å². The Kier molecular flexibility index (Phi) is 3.61. The lowest BCUT2D eigenvalue weighted by Crippen LogP contribution is -2.24. The first-order chi connectivity index (χ1) is 9.38. The van der Waals surface area contributed by atoms with Gasteiger partial charge in [0.15, 0.2) is 11.5 Å².